The zero-order chi connectivity index (χ0) is 16.8. The van der Waals surface area contributed by atoms with Gasteiger partial charge in [-0.15, -0.1) is 0 Å². The predicted octanol–water partition coefficient (Wildman–Crippen LogP) is 4.42. The normalized spacial score (nSPS) is 10.7. The van der Waals surface area contributed by atoms with Crippen LogP contribution in [0.25, 0.3) is 6.08 Å². The molecule has 2 aromatic rings. The molecule has 0 atom stereocenters. The van der Waals surface area contributed by atoms with Crippen LogP contribution in [0.5, 0.6) is 11.5 Å². The Hall–Kier alpha value is -2.41. The van der Waals surface area contributed by atoms with Crippen LogP contribution in [0.1, 0.15) is 11.1 Å². The lowest BCUT2D eigenvalue weighted by Crippen LogP contribution is -1.98. The summed E-state index contributed by atoms with van der Waals surface area (Å²) in [5, 5.41) is 10.4. The highest BCUT2D eigenvalue weighted by Crippen LogP contribution is 2.34. The van der Waals surface area contributed by atoms with E-state index < -0.39 is 4.92 Å². The molecular formula is C16H13BrFNO4. The number of hydrogen-bond donors (Lipinski definition) is 0. The largest absolute Gasteiger partial charge is 0.493 e. The molecule has 0 aliphatic heterocycles. The Labute approximate surface area is 140 Å². The fourth-order valence-corrected chi connectivity index (χ4v) is 2.29. The van der Waals surface area contributed by atoms with Crippen LogP contribution in [-0.2, 0) is 6.61 Å². The maximum absolute atomic E-state index is 12.9. The van der Waals surface area contributed by atoms with Crippen molar-refractivity contribution in [2.24, 2.45) is 0 Å². The molecule has 0 bridgehead atoms. The minimum atomic E-state index is -0.544. The van der Waals surface area contributed by atoms with Crippen molar-refractivity contribution in [1.29, 1.82) is 0 Å². The minimum Gasteiger partial charge on any atom is -0.493 e. The van der Waals surface area contributed by atoms with E-state index in [0.29, 0.717) is 21.5 Å². The summed E-state index contributed by atoms with van der Waals surface area (Å²) >= 11 is 3.34. The Bertz CT molecular complexity index is 732. The molecule has 23 heavy (non-hydrogen) atoms. The molecule has 0 saturated carbocycles. The fraction of sp³-hybridized carbons (Fsp3) is 0.125. The van der Waals surface area contributed by atoms with Gasteiger partial charge >= 0.3 is 0 Å². The molecule has 120 valence electrons. The zero-order valence-corrected chi connectivity index (χ0v) is 13.7. The molecule has 0 spiro atoms. The first kappa shape index (κ1) is 17.0. The average molecular weight is 382 g/mol. The van der Waals surface area contributed by atoms with Crippen LogP contribution < -0.4 is 9.47 Å². The van der Waals surface area contributed by atoms with Gasteiger partial charge in [-0.3, -0.25) is 10.1 Å². The molecule has 0 unspecified atom stereocenters. The summed E-state index contributed by atoms with van der Waals surface area (Å²) in [5.41, 5.74) is 1.40. The summed E-state index contributed by atoms with van der Waals surface area (Å²) in [4.78, 5) is 9.87. The van der Waals surface area contributed by atoms with Gasteiger partial charge in [0.1, 0.15) is 12.4 Å². The topological polar surface area (TPSA) is 61.6 Å². The molecule has 0 aliphatic carbocycles. The highest BCUT2D eigenvalue weighted by molar-refractivity contribution is 9.10. The van der Waals surface area contributed by atoms with Crippen molar-refractivity contribution < 1.29 is 18.8 Å². The highest BCUT2D eigenvalue weighted by atomic mass is 79.9. The molecule has 7 heteroatoms. The Balaban J connectivity index is 2.19. The lowest BCUT2D eigenvalue weighted by Gasteiger charge is -2.12. The van der Waals surface area contributed by atoms with Gasteiger partial charge in [-0.05, 0) is 35.4 Å². The minimum absolute atomic E-state index is 0.243. The van der Waals surface area contributed by atoms with Crippen molar-refractivity contribution in [1.82, 2.24) is 0 Å². The summed E-state index contributed by atoms with van der Waals surface area (Å²) in [6.07, 6.45) is 2.20. The van der Waals surface area contributed by atoms with E-state index in [1.54, 1.807) is 24.3 Å². The van der Waals surface area contributed by atoms with E-state index in [2.05, 4.69) is 15.9 Å². The number of benzene rings is 2. The van der Waals surface area contributed by atoms with Crippen LogP contribution in [0.3, 0.4) is 0 Å². The van der Waals surface area contributed by atoms with Crippen molar-refractivity contribution >= 4 is 22.0 Å². The number of nitrogens with zero attached hydrogens (tertiary/aromatic N) is 1. The van der Waals surface area contributed by atoms with Gasteiger partial charge in [0, 0.05) is 10.5 Å². The van der Waals surface area contributed by atoms with Gasteiger partial charge in [0.15, 0.2) is 11.5 Å². The molecule has 0 saturated heterocycles. The molecule has 2 rings (SSSR count). The van der Waals surface area contributed by atoms with Crippen molar-refractivity contribution in [3.63, 3.8) is 0 Å². The first-order chi connectivity index (χ1) is 11.0. The SMILES string of the molecule is COc1cc(/C=C/[N+](=O)[O-])c(Br)cc1OCc1ccc(F)cc1. The van der Waals surface area contributed by atoms with Gasteiger partial charge in [0.2, 0.25) is 6.20 Å². The zero-order valence-electron chi connectivity index (χ0n) is 12.2. The van der Waals surface area contributed by atoms with Crippen LogP contribution in [0.4, 0.5) is 4.39 Å². The average Bonchev–Trinajstić information content (AvgIpc) is 2.53. The number of hydrogen-bond acceptors (Lipinski definition) is 4. The van der Waals surface area contributed by atoms with E-state index in [1.165, 1.54) is 25.3 Å². The van der Waals surface area contributed by atoms with E-state index in [4.69, 9.17) is 9.47 Å². The van der Waals surface area contributed by atoms with Crippen molar-refractivity contribution in [3.05, 3.63) is 74.1 Å². The molecule has 0 N–H and O–H groups in total. The molecule has 0 fully saturated rings. The number of rotatable bonds is 6. The third-order valence-electron chi connectivity index (χ3n) is 2.97. The summed E-state index contributed by atoms with van der Waals surface area (Å²) < 4.78 is 24.4. The van der Waals surface area contributed by atoms with Gasteiger partial charge in [-0.1, -0.05) is 28.1 Å². The first-order valence-corrected chi connectivity index (χ1v) is 7.35. The van der Waals surface area contributed by atoms with E-state index in [0.717, 1.165) is 11.8 Å². The molecule has 2 aromatic carbocycles. The summed E-state index contributed by atoms with van der Waals surface area (Å²) in [7, 11) is 1.48. The van der Waals surface area contributed by atoms with Crippen LogP contribution in [-0.4, -0.2) is 12.0 Å². The first-order valence-electron chi connectivity index (χ1n) is 6.56. The van der Waals surface area contributed by atoms with Crippen LogP contribution in [0, 0.1) is 15.9 Å². The molecule has 0 aliphatic rings. The Kier molecular flexibility index (Phi) is 5.70. The fourth-order valence-electron chi connectivity index (χ4n) is 1.83. The lowest BCUT2D eigenvalue weighted by atomic mass is 10.2. The van der Waals surface area contributed by atoms with Gasteiger partial charge in [-0.25, -0.2) is 4.39 Å². The third kappa shape index (κ3) is 4.79. The lowest BCUT2D eigenvalue weighted by molar-refractivity contribution is -0.400. The van der Waals surface area contributed by atoms with Gasteiger partial charge in [0.25, 0.3) is 0 Å². The molecular weight excluding hydrogens is 369 g/mol. The second kappa shape index (κ2) is 7.73. The van der Waals surface area contributed by atoms with Crippen LogP contribution in [0.2, 0.25) is 0 Å². The Morgan fingerprint density at radius 2 is 1.96 bits per heavy atom. The number of nitro groups is 1. The second-order valence-corrected chi connectivity index (χ2v) is 5.40. The van der Waals surface area contributed by atoms with Gasteiger partial charge in [-0.2, -0.15) is 0 Å². The smallest absolute Gasteiger partial charge is 0.235 e. The van der Waals surface area contributed by atoms with Gasteiger partial charge < -0.3 is 9.47 Å². The van der Waals surface area contributed by atoms with Crippen molar-refractivity contribution in [3.8, 4) is 11.5 Å². The van der Waals surface area contributed by atoms with E-state index in [1.807, 2.05) is 0 Å². The number of ether oxygens (including phenoxy) is 2. The molecule has 0 amide bonds. The monoisotopic (exact) mass is 381 g/mol. The summed E-state index contributed by atoms with van der Waals surface area (Å²) in [6.45, 7) is 0.243. The van der Waals surface area contributed by atoms with Crippen LogP contribution in [0.15, 0.2) is 47.1 Å². The maximum Gasteiger partial charge on any atom is 0.235 e. The summed E-state index contributed by atoms with van der Waals surface area (Å²) in [5.74, 6) is 0.608. The molecule has 0 radical (unpaired) electrons. The van der Waals surface area contributed by atoms with Gasteiger partial charge in [0.05, 0.1) is 12.0 Å². The third-order valence-corrected chi connectivity index (χ3v) is 3.65. The van der Waals surface area contributed by atoms with Crippen molar-refractivity contribution in [2.75, 3.05) is 7.11 Å². The van der Waals surface area contributed by atoms with E-state index in [9.17, 15) is 14.5 Å². The quantitative estimate of drug-likeness (QED) is 0.548. The Morgan fingerprint density at radius 3 is 2.57 bits per heavy atom. The molecule has 0 aromatic heterocycles. The van der Waals surface area contributed by atoms with E-state index >= 15 is 0 Å². The van der Waals surface area contributed by atoms with Crippen LogP contribution >= 0.6 is 15.9 Å². The standard InChI is InChI=1S/C16H13BrFNO4/c1-22-15-8-12(6-7-19(20)21)14(17)9-16(15)23-10-11-2-4-13(18)5-3-11/h2-9H,10H2,1H3/b7-6+. The highest BCUT2D eigenvalue weighted by Gasteiger charge is 2.10. The maximum atomic E-state index is 12.9. The second-order valence-electron chi connectivity index (χ2n) is 4.54. The van der Waals surface area contributed by atoms with E-state index in [-0.39, 0.29) is 12.4 Å². The molecule has 5 nitrogen and oxygen atoms in total. The Morgan fingerprint density at radius 1 is 1.26 bits per heavy atom. The number of halogens is 2. The van der Waals surface area contributed by atoms with Crippen molar-refractivity contribution in [2.45, 2.75) is 6.61 Å². The molecule has 0 heterocycles. The number of methoxy groups -OCH3 is 1. The predicted molar refractivity (Wildman–Crippen MR) is 87.5 cm³/mol. The summed E-state index contributed by atoms with van der Waals surface area (Å²) in [6, 6.07) is 9.27.